The van der Waals surface area contributed by atoms with Crippen LogP contribution in [0.15, 0.2) is 36.7 Å². The highest BCUT2D eigenvalue weighted by Crippen LogP contribution is 2.45. The molecule has 2 unspecified atom stereocenters. The first kappa shape index (κ1) is 17.6. The molecular formula is C24H33N2+. The van der Waals surface area contributed by atoms with Crippen LogP contribution in [0.3, 0.4) is 0 Å². The maximum Gasteiger partial charge on any atom is 0.238 e. The Bertz CT molecular complexity index is 967. The van der Waals surface area contributed by atoms with Gasteiger partial charge in [-0.1, -0.05) is 45.7 Å². The van der Waals surface area contributed by atoms with Crippen LogP contribution in [0.5, 0.6) is 0 Å². The predicted octanol–water partition coefficient (Wildman–Crippen LogP) is 6.08. The van der Waals surface area contributed by atoms with Crippen LogP contribution in [0.1, 0.15) is 72.3 Å². The summed E-state index contributed by atoms with van der Waals surface area (Å²) in [5.74, 6) is 0. The van der Waals surface area contributed by atoms with Crippen molar-refractivity contribution in [2.75, 3.05) is 0 Å². The van der Waals surface area contributed by atoms with E-state index in [0.29, 0.717) is 0 Å². The molecule has 26 heavy (non-hydrogen) atoms. The summed E-state index contributed by atoms with van der Waals surface area (Å²) in [4.78, 5) is 0. The molecule has 0 fully saturated rings. The van der Waals surface area contributed by atoms with Gasteiger partial charge in [-0.2, -0.15) is 4.57 Å². The number of hydrogen-bond donors (Lipinski definition) is 0. The predicted molar refractivity (Wildman–Crippen MR) is 111 cm³/mol. The summed E-state index contributed by atoms with van der Waals surface area (Å²) >= 11 is 0. The van der Waals surface area contributed by atoms with Crippen LogP contribution < -0.4 is 4.57 Å². The van der Waals surface area contributed by atoms with Crippen molar-refractivity contribution in [3.8, 4) is 0 Å². The number of nitrogens with zero attached hydrogens (tertiary/aromatic N) is 2. The average Bonchev–Trinajstić information content (AvgIpc) is 3.05. The summed E-state index contributed by atoms with van der Waals surface area (Å²) in [5, 5.41) is 2.82. The van der Waals surface area contributed by atoms with E-state index in [9.17, 15) is 0 Å². The number of benzene rings is 1. The Kier molecular flexibility index (Phi) is 4.13. The minimum atomic E-state index is 0.0717. The molecule has 3 heterocycles. The Labute approximate surface area is 157 Å². The average molecular weight is 350 g/mol. The van der Waals surface area contributed by atoms with Gasteiger partial charge in [-0.05, 0) is 38.3 Å². The van der Waals surface area contributed by atoms with Crippen molar-refractivity contribution in [3.05, 3.63) is 42.2 Å². The Morgan fingerprint density at radius 2 is 1.81 bits per heavy atom. The van der Waals surface area contributed by atoms with E-state index in [4.69, 9.17) is 0 Å². The lowest BCUT2D eigenvalue weighted by Gasteiger charge is -2.45. The zero-order valence-corrected chi connectivity index (χ0v) is 17.1. The van der Waals surface area contributed by atoms with Gasteiger partial charge in [-0.3, -0.25) is 0 Å². The van der Waals surface area contributed by atoms with Crippen molar-refractivity contribution < 1.29 is 4.57 Å². The zero-order chi connectivity index (χ0) is 18.5. The van der Waals surface area contributed by atoms with Crippen LogP contribution in [0.2, 0.25) is 0 Å². The van der Waals surface area contributed by atoms with Crippen molar-refractivity contribution in [1.82, 2.24) is 4.57 Å². The standard InChI is InChI=1S/C24H33N2/c1-6-9-10-12-19-17-26-22-20(19)15-14-18-13-11-16-25(21(18)22)23(4,7-2)24(26,5)8-3/h11,13-17H,6-10,12H2,1-5H3/q+1. The summed E-state index contributed by atoms with van der Waals surface area (Å²) in [5.41, 5.74) is 4.55. The fourth-order valence-electron chi connectivity index (χ4n) is 5.27. The molecule has 3 aromatic rings. The Morgan fingerprint density at radius 3 is 2.50 bits per heavy atom. The molecule has 0 bridgehead atoms. The summed E-state index contributed by atoms with van der Waals surface area (Å²) in [6.45, 7) is 11.9. The van der Waals surface area contributed by atoms with Gasteiger partial charge in [0, 0.05) is 30.5 Å². The molecule has 0 radical (unpaired) electrons. The van der Waals surface area contributed by atoms with E-state index in [1.165, 1.54) is 53.1 Å². The number of aryl methyl sites for hydroxylation is 1. The van der Waals surface area contributed by atoms with Gasteiger partial charge in [0.05, 0.1) is 5.39 Å². The third-order valence-electron chi connectivity index (χ3n) is 7.46. The molecule has 0 spiro atoms. The van der Waals surface area contributed by atoms with Crippen LogP contribution in [0, 0.1) is 0 Å². The summed E-state index contributed by atoms with van der Waals surface area (Å²) in [6.07, 6.45) is 12.1. The minimum absolute atomic E-state index is 0.0717. The molecule has 0 N–H and O–H groups in total. The van der Waals surface area contributed by atoms with Crippen molar-refractivity contribution in [3.63, 3.8) is 0 Å². The minimum Gasteiger partial charge on any atom is -0.329 e. The topological polar surface area (TPSA) is 8.81 Å². The zero-order valence-electron chi connectivity index (χ0n) is 17.1. The van der Waals surface area contributed by atoms with Crippen molar-refractivity contribution in [1.29, 1.82) is 0 Å². The fourth-order valence-corrected chi connectivity index (χ4v) is 5.27. The van der Waals surface area contributed by atoms with Crippen molar-refractivity contribution >= 4 is 21.8 Å². The van der Waals surface area contributed by atoms with Gasteiger partial charge in [0.2, 0.25) is 5.52 Å². The molecule has 4 rings (SSSR count). The van der Waals surface area contributed by atoms with Crippen molar-refractivity contribution in [2.45, 2.75) is 84.2 Å². The number of rotatable bonds is 6. The maximum atomic E-state index is 2.65. The van der Waals surface area contributed by atoms with Gasteiger partial charge in [0.1, 0.15) is 11.1 Å². The molecule has 0 saturated heterocycles. The molecule has 0 aliphatic carbocycles. The largest absolute Gasteiger partial charge is 0.329 e. The van der Waals surface area contributed by atoms with Crippen LogP contribution in [-0.2, 0) is 17.5 Å². The number of unbranched alkanes of at least 4 members (excludes halogenated alkanes) is 2. The van der Waals surface area contributed by atoms with Crippen LogP contribution in [0.4, 0.5) is 0 Å². The first-order chi connectivity index (χ1) is 12.5. The van der Waals surface area contributed by atoms with E-state index in [1.54, 1.807) is 0 Å². The van der Waals surface area contributed by atoms with Gasteiger partial charge in [0.25, 0.3) is 0 Å². The highest BCUT2D eigenvalue weighted by Gasteiger charge is 2.55. The quantitative estimate of drug-likeness (QED) is 0.377. The lowest BCUT2D eigenvalue weighted by molar-refractivity contribution is -0.753. The number of aromatic nitrogens is 2. The van der Waals surface area contributed by atoms with Crippen LogP contribution in [-0.4, -0.2) is 4.57 Å². The molecule has 1 aliphatic rings. The molecule has 0 amide bonds. The van der Waals surface area contributed by atoms with E-state index in [-0.39, 0.29) is 11.1 Å². The van der Waals surface area contributed by atoms with Gasteiger partial charge in [-0.25, -0.2) is 0 Å². The van der Waals surface area contributed by atoms with Crippen molar-refractivity contribution in [2.24, 2.45) is 0 Å². The van der Waals surface area contributed by atoms with Gasteiger partial charge in [-0.15, -0.1) is 0 Å². The fraction of sp³-hybridized carbons (Fsp3) is 0.542. The van der Waals surface area contributed by atoms with E-state index in [2.05, 4.69) is 80.4 Å². The molecular weight excluding hydrogens is 316 g/mol. The monoisotopic (exact) mass is 349 g/mol. The Morgan fingerprint density at radius 1 is 1.00 bits per heavy atom. The normalized spacial score (nSPS) is 24.8. The summed E-state index contributed by atoms with van der Waals surface area (Å²) < 4.78 is 5.24. The summed E-state index contributed by atoms with van der Waals surface area (Å²) in [6, 6.07) is 9.18. The molecule has 2 aromatic heterocycles. The lowest BCUT2D eigenvalue weighted by atomic mass is 9.73. The molecule has 138 valence electrons. The number of hydrogen-bond acceptors (Lipinski definition) is 0. The van der Waals surface area contributed by atoms with Crippen LogP contribution >= 0.6 is 0 Å². The molecule has 2 atom stereocenters. The van der Waals surface area contributed by atoms with Gasteiger partial charge in [0.15, 0.2) is 11.7 Å². The molecule has 0 saturated carbocycles. The molecule has 1 aromatic carbocycles. The first-order valence-corrected chi connectivity index (χ1v) is 10.5. The second-order valence-electron chi connectivity index (χ2n) is 8.51. The van der Waals surface area contributed by atoms with E-state index < -0.39 is 0 Å². The van der Waals surface area contributed by atoms with Crippen LogP contribution in [0.25, 0.3) is 21.8 Å². The Hall–Kier alpha value is -1.83. The molecule has 1 aliphatic heterocycles. The third-order valence-corrected chi connectivity index (χ3v) is 7.46. The number of pyridine rings is 1. The van der Waals surface area contributed by atoms with Gasteiger partial charge >= 0.3 is 0 Å². The summed E-state index contributed by atoms with van der Waals surface area (Å²) in [7, 11) is 0. The van der Waals surface area contributed by atoms with Gasteiger partial charge < -0.3 is 4.57 Å². The third kappa shape index (κ3) is 2.08. The second kappa shape index (κ2) is 6.11. The first-order valence-electron chi connectivity index (χ1n) is 10.5. The smallest absolute Gasteiger partial charge is 0.238 e. The highest BCUT2D eigenvalue weighted by atomic mass is 15.2. The van der Waals surface area contributed by atoms with E-state index >= 15 is 0 Å². The van der Waals surface area contributed by atoms with E-state index in [1.807, 2.05) is 0 Å². The molecule has 2 nitrogen and oxygen atoms in total. The van der Waals surface area contributed by atoms with E-state index in [0.717, 1.165) is 12.8 Å². The molecule has 2 heteroatoms. The lowest BCUT2D eigenvalue weighted by Crippen LogP contribution is -2.68. The SMILES string of the molecule is CCCCCc1c[n+]2c3c1ccc1cccn(c13)C(C)(CC)C2(C)CC. The second-order valence-corrected chi connectivity index (χ2v) is 8.51. The Balaban J connectivity index is 2.08. The highest BCUT2D eigenvalue weighted by molar-refractivity contribution is 6.03. The maximum absolute atomic E-state index is 2.65.